The van der Waals surface area contributed by atoms with E-state index in [-0.39, 0.29) is 42.4 Å². The zero-order valence-electron chi connectivity index (χ0n) is 15.4. The quantitative estimate of drug-likeness (QED) is 0.820. The Kier molecular flexibility index (Phi) is 5.34. The largest absolute Gasteiger partial charge is 0.442 e. The zero-order valence-corrected chi connectivity index (χ0v) is 15.4. The number of likely N-dealkylation sites (tertiary alicyclic amines) is 1. The van der Waals surface area contributed by atoms with Gasteiger partial charge in [-0.3, -0.25) is 9.69 Å². The van der Waals surface area contributed by atoms with Gasteiger partial charge in [-0.2, -0.15) is 8.78 Å². The minimum absolute atomic E-state index is 0.00787. The number of nitrogens with zero attached hydrogens (tertiary/aromatic N) is 2. The molecule has 1 aromatic rings. The van der Waals surface area contributed by atoms with Crippen molar-refractivity contribution in [1.29, 1.82) is 0 Å². The lowest BCUT2D eigenvalue weighted by Gasteiger charge is -2.37. The summed E-state index contributed by atoms with van der Waals surface area (Å²) in [5.41, 5.74) is 0.443. The molecular weight excluding hydrogens is 372 g/mol. The van der Waals surface area contributed by atoms with Gasteiger partial charge in [0.05, 0.1) is 12.5 Å². The van der Waals surface area contributed by atoms with Crippen LogP contribution in [0.3, 0.4) is 0 Å². The van der Waals surface area contributed by atoms with Crippen molar-refractivity contribution in [3.8, 4) is 5.75 Å². The third kappa shape index (κ3) is 3.76. The Morgan fingerprint density at radius 3 is 2.75 bits per heavy atom. The monoisotopic (exact) mass is 395 g/mol. The fourth-order valence-electron chi connectivity index (χ4n) is 4.31. The first-order valence-electron chi connectivity index (χ1n) is 9.53. The first-order chi connectivity index (χ1) is 13.5. The van der Waals surface area contributed by atoms with E-state index in [4.69, 9.17) is 4.74 Å². The Morgan fingerprint density at radius 2 is 2.00 bits per heavy atom. The first-order valence-corrected chi connectivity index (χ1v) is 9.53. The first kappa shape index (κ1) is 18.9. The molecule has 0 spiro atoms. The molecule has 3 aliphatic heterocycles. The number of hydrogen-bond donors (Lipinski definition) is 1. The minimum atomic E-state index is -2.93. The molecule has 3 aliphatic rings. The van der Waals surface area contributed by atoms with Gasteiger partial charge in [-0.05, 0) is 18.9 Å². The van der Waals surface area contributed by atoms with Crippen LogP contribution >= 0.6 is 0 Å². The average molecular weight is 395 g/mol. The number of benzene rings is 1. The van der Waals surface area contributed by atoms with E-state index in [1.165, 1.54) is 6.07 Å². The molecule has 4 rings (SSSR count). The molecule has 0 bridgehead atoms. The molecule has 3 fully saturated rings. The predicted octanol–water partition coefficient (Wildman–Crippen LogP) is 1.61. The van der Waals surface area contributed by atoms with Gasteiger partial charge in [0.15, 0.2) is 0 Å². The summed E-state index contributed by atoms with van der Waals surface area (Å²) in [4.78, 5) is 28.4. The summed E-state index contributed by atoms with van der Waals surface area (Å²) in [6.07, 6.45) is 1.02. The Morgan fingerprint density at radius 1 is 1.25 bits per heavy atom. The Labute approximate surface area is 161 Å². The molecule has 0 unspecified atom stereocenters. The van der Waals surface area contributed by atoms with Gasteiger partial charge >= 0.3 is 12.7 Å². The summed E-state index contributed by atoms with van der Waals surface area (Å²) < 4.78 is 35.0. The van der Waals surface area contributed by atoms with Crippen LogP contribution in [-0.2, 0) is 16.0 Å². The van der Waals surface area contributed by atoms with Crippen molar-refractivity contribution >= 4 is 12.0 Å². The fraction of sp³-hybridized carbons (Fsp3) is 0.579. The second-order valence-corrected chi connectivity index (χ2v) is 7.33. The summed E-state index contributed by atoms with van der Waals surface area (Å²) >= 11 is 0. The summed E-state index contributed by atoms with van der Waals surface area (Å²) in [5, 5.41) is 3.24. The van der Waals surface area contributed by atoms with Crippen molar-refractivity contribution in [2.24, 2.45) is 0 Å². The van der Waals surface area contributed by atoms with Crippen LogP contribution in [0.15, 0.2) is 24.3 Å². The van der Waals surface area contributed by atoms with Gasteiger partial charge in [0.2, 0.25) is 5.91 Å². The van der Waals surface area contributed by atoms with Crippen molar-refractivity contribution in [2.45, 2.75) is 44.1 Å². The number of rotatable bonds is 5. The summed E-state index contributed by atoms with van der Waals surface area (Å²) in [6, 6.07) is 6.47. The molecule has 1 aromatic carbocycles. The number of nitrogens with one attached hydrogen (secondary N) is 1. The van der Waals surface area contributed by atoms with Gasteiger partial charge in [0.1, 0.15) is 11.9 Å². The summed E-state index contributed by atoms with van der Waals surface area (Å²) in [6.45, 7) is -0.465. The molecule has 3 saturated heterocycles. The van der Waals surface area contributed by atoms with Crippen LogP contribution in [0.2, 0.25) is 0 Å². The zero-order chi connectivity index (χ0) is 19.7. The maximum atomic E-state index is 12.6. The van der Waals surface area contributed by atoms with Gasteiger partial charge in [-0.15, -0.1) is 0 Å². The van der Waals surface area contributed by atoms with Crippen LogP contribution in [0.25, 0.3) is 0 Å². The maximum Gasteiger partial charge on any atom is 0.410 e. The van der Waals surface area contributed by atoms with Crippen molar-refractivity contribution in [1.82, 2.24) is 15.1 Å². The Balaban J connectivity index is 1.34. The maximum absolute atomic E-state index is 12.6. The molecule has 9 heteroatoms. The number of para-hydroxylation sites is 1. The van der Waals surface area contributed by atoms with Crippen molar-refractivity contribution < 1.29 is 27.8 Å². The van der Waals surface area contributed by atoms with E-state index in [0.29, 0.717) is 38.0 Å². The van der Waals surface area contributed by atoms with Gasteiger partial charge in [0, 0.05) is 37.8 Å². The highest BCUT2D eigenvalue weighted by Gasteiger charge is 2.48. The van der Waals surface area contributed by atoms with Crippen molar-refractivity contribution in [3.05, 3.63) is 29.8 Å². The van der Waals surface area contributed by atoms with Crippen LogP contribution < -0.4 is 10.1 Å². The molecule has 0 aromatic heterocycles. The van der Waals surface area contributed by atoms with Crippen LogP contribution in [0.4, 0.5) is 13.6 Å². The highest BCUT2D eigenvalue weighted by molar-refractivity contribution is 5.79. The highest BCUT2D eigenvalue weighted by atomic mass is 19.3. The lowest BCUT2D eigenvalue weighted by Crippen LogP contribution is -2.51. The number of halogens is 2. The standard InChI is InChI=1S/C19H23F2N3O4/c20-18(21)27-15-4-2-1-3-12(15)9-17(25)23-7-5-13(6-8-23)24-14-10-22-11-16(14)28-19(24)26/h1-4,13-14,16,18,22H,5-11H2/t14-,16+/m1/s1. The molecule has 28 heavy (non-hydrogen) atoms. The van der Waals surface area contributed by atoms with Crippen LogP contribution in [-0.4, -0.2) is 72.8 Å². The minimum Gasteiger partial charge on any atom is -0.442 e. The van der Waals surface area contributed by atoms with E-state index in [0.717, 1.165) is 6.54 Å². The van der Waals surface area contributed by atoms with Gasteiger partial charge in [-0.1, -0.05) is 18.2 Å². The third-order valence-corrected chi connectivity index (χ3v) is 5.69. The fourth-order valence-corrected chi connectivity index (χ4v) is 4.31. The summed E-state index contributed by atoms with van der Waals surface area (Å²) in [7, 11) is 0. The highest BCUT2D eigenvalue weighted by Crippen LogP contribution is 2.29. The second-order valence-electron chi connectivity index (χ2n) is 7.33. The van der Waals surface area contributed by atoms with Crippen molar-refractivity contribution in [2.75, 3.05) is 26.2 Å². The number of ether oxygens (including phenoxy) is 2. The molecule has 0 saturated carbocycles. The van der Waals surface area contributed by atoms with E-state index in [1.54, 1.807) is 23.1 Å². The number of amides is 2. The topological polar surface area (TPSA) is 71.1 Å². The molecule has 2 atom stereocenters. The molecular formula is C19H23F2N3O4. The van der Waals surface area contributed by atoms with E-state index in [1.807, 2.05) is 4.90 Å². The molecule has 7 nitrogen and oxygen atoms in total. The van der Waals surface area contributed by atoms with Gasteiger partial charge in [0.25, 0.3) is 0 Å². The molecule has 0 aliphatic carbocycles. The predicted molar refractivity (Wildman–Crippen MR) is 95.1 cm³/mol. The summed E-state index contributed by atoms with van der Waals surface area (Å²) in [5.74, 6) is -0.103. The van der Waals surface area contributed by atoms with E-state index < -0.39 is 6.61 Å². The van der Waals surface area contributed by atoms with E-state index >= 15 is 0 Å². The molecule has 1 N–H and O–H groups in total. The second kappa shape index (κ2) is 7.90. The molecule has 3 heterocycles. The van der Waals surface area contributed by atoms with Crippen molar-refractivity contribution in [3.63, 3.8) is 0 Å². The molecule has 2 amide bonds. The van der Waals surface area contributed by atoms with E-state index in [2.05, 4.69) is 10.1 Å². The van der Waals surface area contributed by atoms with Crippen LogP contribution in [0, 0.1) is 0 Å². The smallest absolute Gasteiger partial charge is 0.410 e. The SMILES string of the molecule is O=C(Cc1ccccc1OC(F)F)N1CCC(N2C(=O)O[C@H]3CNC[C@H]32)CC1. The van der Waals surface area contributed by atoms with Crippen LogP contribution in [0.5, 0.6) is 5.75 Å². The number of piperidine rings is 1. The lowest BCUT2D eigenvalue weighted by molar-refractivity contribution is -0.132. The number of carbonyl (C=O) groups is 2. The Bertz CT molecular complexity index is 740. The normalized spacial score (nSPS) is 25.2. The average Bonchev–Trinajstić information content (AvgIpc) is 3.23. The third-order valence-electron chi connectivity index (χ3n) is 5.69. The van der Waals surface area contributed by atoms with E-state index in [9.17, 15) is 18.4 Å². The molecule has 152 valence electrons. The number of carbonyl (C=O) groups excluding carboxylic acids is 2. The molecule has 0 radical (unpaired) electrons. The van der Waals surface area contributed by atoms with Gasteiger partial charge < -0.3 is 19.7 Å². The Hall–Kier alpha value is -2.42. The van der Waals surface area contributed by atoms with Crippen LogP contribution in [0.1, 0.15) is 18.4 Å². The number of hydrogen-bond acceptors (Lipinski definition) is 5. The number of fused-ring (bicyclic) bond motifs is 1. The van der Waals surface area contributed by atoms with Gasteiger partial charge in [-0.25, -0.2) is 4.79 Å². The lowest BCUT2D eigenvalue weighted by atomic mass is 10.0. The number of alkyl halides is 2.